The zero-order valence-corrected chi connectivity index (χ0v) is 27.6. The Morgan fingerprint density at radius 1 is 1.14 bits per heavy atom. The number of aromatic hydroxyl groups is 1. The summed E-state index contributed by atoms with van der Waals surface area (Å²) in [6, 6.07) is 6.66. The van der Waals surface area contributed by atoms with Crippen LogP contribution in [0.4, 0.5) is 5.69 Å². The number of nitrogens with one attached hydrogen (secondary N) is 3. The van der Waals surface area contributed by atoms with Gasteiger partial charge in [-0.15, -0.1) is 6.58 Å². The third kappa shape index (κ3) is 9.41. The van der Waals surface area contributed by atoms with Gasteiger partial charge in [0.1, 0.15) is 17.0 Å². The fourth-order valence-electron chi connectivity index (χ4n) is 4.95. The van der Waals surface area contributed by atoms with E-state index in [-0.39, 0.29) is 47.4 Å². The Kier molecular flexibility index (Phi) is 16.5. The molecule has 8 N–H and O–H groups in total. The Hall–Kier alpha value is -4.18. The molecule has 1 fully saturated rings. The third-order valence-electron chi connectivity index (χ3n) is 6.75. The van der Waals surface area contributed by atoms with Crippen LogP contribution < -0.4 is 22.1 Å². The number of carbonyl (C=O) groups is 2. The number of nitrogens with two attached hydrogens (primary N) is 2. The number of benzene rings is 1. The van der Waals surface area contributed by atoms with Crippen molar-refractivity contribution in [1.29, 1.82) is 0 Å². The van der Waals surface area contributed by atoms with Crippen molar-refractivity contribution in [3.63, 3.8) is 0 Å². The molecule has 2 bridgehead atoms. The number of carbonyl (C=O) groups excluding carboxylic acids is 2. The molecule has 44 heavy (non-hydrogen) atoms. The van der Waals surface area contributed by atoms with Gasteiger partial charge < -0.3 is 32.2 Å². The second-order valence-corrected chi connectivity index (χ2v) is 10.2. The van der Waals surface area contributed by atoms with Gasteiger partial charge in [0.2, 0.25) is 5.91 Å². The molecule has 2 amide bonds. The summed E-state index contributed by atoms with van der Waals surface area (Å²) in [6.07, 6.45) is 9.35. The van der Waals surface area contributed by atoms with Crippen molar-refractivity contribution in [2.45, 2.75) is 80.3 Å². The number of imidazole rings is 1. The third-order valence-corrected chi connectivity index (χ3v) is 6.75. The number of hydrogen-bond donors (Lipinski definition) is 6. The van der Waals surface area contributed by atoms with Crippen molar-refractivity contribution >= 4 is 28.7 Å². The standard InChI is InChI=1S/C24H27N7O3.C3H8.C3H6.2C2H6/c1-11(9-25)28-24(34)13-4-2-12(3-5-13)22-30-20-19(16(32)10-27-23(20)31-22)29-18-15-7-6-14(8-15)17(18)21(26)33;2*1-3-2;2*1-2/h2-7,10-11,14-15,17-18,32H,8-9,25H2,1H3,(H2,26,33)(H,28,34)(H2,27,29,30,31);3H2,1-2H3;3H,1H2,2H3;2*1-2H3. The molecular formula is C34H53N7O3. The summed E-state index contributed by atoms with van der Waals surface area (Å²) in [5, 5.41) is 16.8. The summed E-state index contributed by atoms with van der Waals surface area (Å²) in [4.78, 5) is 36.4. The molecule has 3 aromatic rings. The fourth-order valence-corrected chi connectivity index (χ4v) is 4.95. The summed E-state index contributed by atoms with van der Waals surface area (Å²) in [5.41, 5.74) is 13.9. The van der Waals surface area contributed by atoms with E-state index in [2.05, 4.69) is 58.2 Å². The minimum absolute atomic E-state index is 0.0429. The molecule has 10 nitrogen and oxygen atoms in total. The maximum Gasteiger partial charge on any atom is 0.251 e. The number of hydrogen-bond acceptors (Lipinski definition) is 7. The molecule has 0 aliphatic heterocycles. The Labute approximate surface area is 262 Å². The average molecular weight is 608 g/mol. The van der Waals surface area contributed by atoms with Crippen LogP contribution in [0.2, 0.25) is 0 Å². The zero-order chi connectivity index (χ0) is 33.4. The highest BCUT2D eigenvalue weighted by Gasteiger charge is 2.47. The topological polar surface area (TPSA) is 172 Å². The monoisotopic (exact) mass is 607 g/mol. The van der Waals surface area contributed by atoms with Crippen LogP contribution in [0.25, 0.3) is 22.6 Å². The highest BCUT2D eigenvalue weighted by molar-refractivity contribution is 5.95. The molecule has 0 spiro atoms. The number of pyridine rings is 1. The molecule has 5 atom stereocenters. The van der Waals surface area contributed by atoms with Gasteiger partial charge in [0, 0.05) is 29.8 Å². The van der Waals surface area contributed by atoms with Gasteiger partial charge in [-0.3, -0.25) is 9.59 Å². The van der Waals surface area contributed by atoms with Crippen molar-refractivity contribution in [3.05, 3.63) is 60.8 Å². The number of allylic oxidation sites excluding steroid dienone is 2. The largest absolute Gasteiger partial charge is 0.504 e. The molecule has 242 valence electrons. The van der Waals surface area contributed by atoms with Crippen molar-refractivity contribution in [1.82, 2.24) is 20.3 Å². The number of aromatic nitrogens is 3. The van der Waals surface area contributed by atoms with E-state index in [1.54, 1.807) is 30.3 Å². The summed E-state index contributed by atoms with van der Waals surface area (Å²) in [5.74, 6) is -0.129. The second-order valence-electron chi connectivity index (χ2n) is 10.2. The molecule has 2 aliphatic carbocycles. The number of nitrogens with zero attached hydrogens (tertiary/aromatic N) is 2. The molecular weight excluding hydrogens is 554 g/mol. The smallest absolute Gasteiger partial charge is 0.251 e. The van der Waals surface area contributed by atoms with Crippen LogP contribution in [0.3, 0.4) is 0 Å². The summed E-state index contributed by atoms with van der Waals surface area (Å²) < 4.78 is 0. The van der Waals surface area contributed by atoms with Crippen molar-refractivity contribution in [3.8, 4) is 17.1 Å². The van der Waals surface area contributed by atoms with E-state index in [0.717, 1.165) is 12.0 Å². The first-order chi connectivity index (χ1) is 21.2. The predicted molar refractivity (Wildman–Crippen MR) is 182 cm³/mol. The van der Waals surface area contributed by atoms with Gasteiger partial charge >= 0.3 is 0 Å². The summed E-state index contributed by atoms with van der Waals surface area (Å²) in [6.45, 7) is 19.7. The van der Waals surface area contributed by atoms with E-state index in [1.807, 2.05) is 41.5 Å². The molecule has 2 aliphatic rings. The molecule has 2 heterocycles. The maximum atomic E-state index is 12.3. The molecule has 10 heteroatoms. The molecule has 5 unspecified atom stereocenters. The number of aromatic amines is 1. The fraction of sp³-hybridized carbons (Fsp3) is 0.471. The van der Waals surface area contributed by atoms with E-state index in [9.17, 15) is 14.7 Å². The lowest BCUT2D eigenvalue weighted by Gasteiger charge is -2.27. The van der Waals surface area contributed by atoms with Gasteiger partial charge in [0.05, 0.1) is 12.1 Å². The quantitative estimate of drug-likeness (QED) is 0.175. The number of fused-ring (bicyclic) bond motifs is 3. The summed E-state index contributed by atoms with van der Waals surface area (Å²) in [7, 11) is 0. The van der Waals surface area contributed by atoms with Gasteiger partial charge in [-0.2, -0.15) is 0 Å². The van der Waals surface area contributed by atoms with Gasteiger partial charge in [-0.25, -0.2) is 9.97 Å². The highest BCUT2D eigenvalue weighted by Crippen LogP contribution is 2.46. The van der Waals surface area contributed by atoms with Crippen molar-refractivity contribution < 1.29 is 14.7 Å². The van der Waals surface area contributed by atoms with Crippen LogP contribution in [-0.4, -0.2) is 50.5 Å². The minimum Gasteiger partial charge on any atom is -0.504 e. The number of amides is 2. The molecule has 1 saturated carbocycles. The molecule has 2 aromatic heterocycles. The van der Waals surface area contributed by atoms with Crippen LogP contribution in [-0.2, 0) is 4.79 Å². The van der Waals surface area contributed by atoms with E-state index in [1.165, 1.54) is 12.6 Å². The zero-order valence-electron chi connectivity index (χ0n) is 27.6. The number of H-pyrrole nitrogens is 1. The number of rotatable bonds is 7. The molecule has 0 radical (unpaired) electrons. The van der Waals surface area contributed by atoms with Crippen molar-refractivity contribution in [2.24, 2.45) is 29.2 Å². The van der Waals surface area contributed by atoms with Crippen LogP contribution in [0, 0.1) is 17.8 Å². The molecule has 0 saturated heterocycles. The number of anilines is 1. The predicted octanol–water partition coefficient (Wildman–Crippen LogP) is 6.16. The van der Waals surface area contributed by atoms with Gasteiger partial charge in [0.15, 0.2) is 11.4 Å². The van der Waals surface area contributed by atoms with Gasteiger partial charge in [-0.05, 0) is 44.2 Å². The minimum atomic E-state index is -0.352. The second kappa shape index (κ2) is 19.2. The number of primary amides is 1. The van der Waals surface area contributed by atoms with Crippen LogP contribution in [0.15, 0.2) is 55.3 Å². The lowest BCUT2D eigenvalue weighted by molar-refractivity contribution is -0.122. The van der Waals surface area contributed by atoms with E-state index in [0.29, 0.717) is 34.8 Å². The highest BCUT2D eigenvalue weighted by atomic mass is 16.3. The molecule has 1 aromatic carbocycles. The molecule has 5 rings (SSSR count). The first kappa shape index (κ1) is 37.8. The van der Waals surface area contributed by atoms with Crippen LogP contribution in [0.5, 0.6) is 5.75 Å². The van der Waals surface area contributed by atoms with Crippen molar-refractivity contribution in [2.75, 3.05) is 11.9 Å². The first-order valence-corrected chi connectivity index (χ1v) is 15.7. The lowest BCUT2D eigenvalue weighted by Crippen LogP contribution is -2.41. The maximum absolute atomic E-state index is 12.3. The SMILES string of the molecule is C=CC.CC.CC.CC(CN)NC(=O)c1ccc(-c2nc3ncc(O)c(NC4C5C=CC(C5)C4C(N)=O)c3[nH]2)cc1.CCC. The van der Waals surface area contributed by atoms with E-state index < -0.39 is 0 Å². The summed E-state index contributed by atoms with van der Waals surface area (Å²) >= 11 is 0. The first-order valence-electron chi connectivity index (χ1n) is 15.7. The van der Waals surface area contributed by atoms with Gasteiger partial charge in [-0.1, -0.05) is 78.3 Å². The van der Waals surface area contributed by atoms with Crippen LogP contribution in [0.1, 0.15) is 78.6 Å². The Morgan fingerprint density at radius 2 is 1.70 bits per heavy atom. The lowest BCUT2D eigenvalue weighted by atomic mass is 9.88. The van der Waals surface area contributed by atoms with E-state index >= 15 is 0 Å². The van der Waals surface area contributed by atoms with Crippen LogP contribution >= 0.6 is 0 Å². The Morgan fingerprint density at radius 3 is 2.25 bits per heavy atom. The van der Waals surface area contributed by atoms with E-state index in [4.69, 9.17) is 11.5 Å². The Bertz CT molecular complexity index is 1350. The van der Waals surface area contributed by atoms with Gasteiger partial charge in [0.25, 0.3) is 5.91 Å². The Balaban J connectivity index is 0.000000868. The average Bonchev–Trinajstić information content (AvgIpc) is 3.77. The normalized spacial score (nSPS) is 19.4.